The molecule has 172 valence electrons. The molecule has 4 N–H and O–H groups in total. The van der Waals surface area contributed by atoms with Gasteiger partial charge in [0.1, 0.15) is 24.7 Å². The summed E-state index contributed by atoms with van der Waals surface area (Å²) in [5, 5.41) is 14.2. The number of sulfonamides is 1. The van der Waals surface area contributed by atoms with Gasteiger partial charge in [0, 0.05) is 6.54 Å². The van der Waals surface area contributed by atoms with Gasteiger partial charge in [-0.05, 0) is 29.8 Å². The normalized spacial score (nSPS) is 12.1. The summed E-state index contributed by atoms with van der Waals surface area (Å²) in [7, 11) is -3.82. The summed E-state index contributed by atoms with van der Waals surface area (Å²) in [5.41, 5.74) is 1.09. The Kier molecular flexibility index (Phi) is 5.82. The molecular formula is C18H16F3N9O2S. The molecule has 0 saturated heterocycles. The van der Waals surface area contributed by atoms with E-state index in [-0.39, 0.29) is 28.7 Å². The zero-order valence-corrected chi connectivity index (χ0v) is 17.5. The molecule has 0 amide bonds. The van der Waals surface area contributed by atoms with Crippen molar-refractivity contribution in [3.63, 3.8) is 0 Å². The van der Waals surface area contributed by atoms with Crippen molar-refractivity contribution in [3.05, 3.63) is 54.6 Å². The van der Waals surface area contributed by atoms with Crippen LogP contribution >= 0.6 is 0 Å². The SMILES string of the molecule is NS(=O)(=O)c1ccc(CNc2nc(NCC(F)(F)F)c3nc(-n4cncn4)ccc3n2)cc1. The highest BCUT2D eigenvalue weighted by molar-refractivity contribution is 7.89. The molecule has 33 heavy (non-hydrogen) atoms. The van der Waals surface area contributed by atoms with Gasteiger partial charge in [-0.15, -0.1) is 0 Å². The fourth-order valence-electron chi connectivity index (χ4n) is 2.82. The second-order valence-electron chi connectivity index (χ2n) is 6.78. The number of benzene rings is 1. The van der Waals surface area contributed by atoms with Crippen LogP contribution < -0.4 is 15.8 Å². The highest BCUT2D eigenvalue weighted by Crippen LogP contribution is 2.24. The van der Waals surface area contributed by atoms with Crippen molar-refractivity contribution in [1.82, 2.24) is 29.7 Å². The van der Waals surface area contributed by atoms with E-state index in [1.807, 2.05) is 0 Å². The van der Waals surface area contributed by atoms with Gasteiger partial charge in [0.25, 0.3) is 0 Å². The Morgan fingerprint density at radius 2 is 1.76 bits per heavy atom. The summed E-state index contributed by atoms with van der Waals surface area (Å²) in [6.07, 6.45) is -1.78. The van der Waals surface area contributed by atoms with E-state index in [0.29, 0.717) is 16.9 Å². The molecular weight excluding hydrogens is 463 g/mol. The molecule has 0 saturated carbocycles. The van der Waals surface area contributed by atoms with E-state index in [4.69, 9.17) is 5.14 Å². The fraction of sp³-hybridized carbons (Fsp3) is 0.167. The van der Waals surface area contributed by atoms with Crippen molar-refractivity contribution in [2.45, 2.75) is 17.6 Å². The van der Waals surface area contributed by atoms with Crippen LogP contribution in [0.1, 0.15) is 5.56 Å². The molecule has 11 nitrogen and oxygen atoms in total. The average Bonchev–Trinajstić information content (AvgIpc) is 3.30. The molecule has 0 aliphatic carbocycles. The summed E-state index contributed by atoms with van der Waals surface area (Å²) < 4.78 is 62.5. The van der Waals surface area contributed by atoms with E-state index in [2.05, 4.69) is 35.7 Å². The van der Waals surface area contributed by atoms with Gasteiger partial charge < -0.3 is 10.6 Å². The lowest BCUT2D eigenvalue weighted by atomic mass is 10.2. The number of halogens is 3. The molecule has 1 aromatic carbocycles. The molecule has 0 aliphatic rings. The topological polar surface area (TPSA) is 154 Å². The maximum absolute atomic E-state index is 12.8. The van der Waals surface area contributed by atoms with E-state index in [1.54, 1.807) is 24.3 Å². The van der Waals surface area contributed by atoms with Crippen LogP contribution in [-0.2, 0) is 16.6 Å². The fourth-order valence-corrected chi connectivity index (χ4v) is 3.34. The zero-order chi connectivity index (χ0) is 23.6. The van der Waals surface area contributed by atoms with Crippen LogP contribution in [0.3, 0.4) is 0 Å². The first-order chi connectivity index (χ1) is 15.6. The van der Waals surface area contributed by atoms with Crippen molar-refractivity contribution in [2.75, 3.05) is 17.2 Å². The first-order valence-corrected chi connectivity index (χ1v) is 10.8. The quantitative estimate of drug-likeness (QED) is 0.360. The summed E-state index contributed by atoms with van der Waals surface area (Å²) in [5.74, 6) is 0.263. The molecule has 3 heterocycles. The Labute approximate surface area is 185 Å². The Bertz CT molecular complexity index is 1380. The molecule has 0 aliphatic heterocycles. The minimum atomic E-state index is -4.47. The standard InChI is InChI=1S/C18H16F3N9O2S/c19-18(20,21)8-25-16-15-13(5-6-14(28-15)30-10-23-9-26-30)27-17(29-16)24-7-11-1-3-12(4-2-11)33(22,31)32/h1-6,9-10H,7-8H2,(H2,22,31,32)(H2,24,25,27,29). The van der Waals surface area contributed by atoms with Crippen LogP contribution in [0.4, 0.5) is 24.9 Å². The second kappa shape index (κ2) is 8.59. The number of pyridine rings is 1. The van der Waals surface area contributed by atoms with Crippen LogP contribution in [0, 0.1) is 0 Å². The van der Waals surface area contributed by atoms with Gasteiger partial charge in [-0.1, -0.05) is 12.1 Å². The van der Waals surface area contributed by atoms with Crippen LogP contribution in [-0.4, -0.2) is 50.9 Å². The number of aromatic nitrogens is 6. The first kappa shape index (κ1) is 22.3. The molecule has 0 radical (unpaired) electrons. The van der Waals surface area contributed by atoms with Crippen molar-refractivity contribution in [2.24, 2.45) is 5.14 Å². The number of hydrogen-bond acceptors (Lipinski definition) is 9. The summed E-state index contributed by atoms with van der Waals surface area (Å²) in [6, 6.07) is 8.95. The number of nitrogens with two attached hydrogens (primary N) is 1. The third-order valence-corrected chi connectivity index (χ3v) is 5.27. The van der Waals surface area contributed by atoms with Crippen LogP contribution in [0.25, 0.3) is 16.9 Å². The summed E-state index contributed by atoms with van der Waals surface area (Å²) in [6.45, 7) is -1.14. The third kappa shape index (κ3) is 5.50. The van der Waals surface area contributed by atoms with E-state index in [9.17, 15) is 21.6 Å². The predicted molar refractivity (Wildman–Crippen MR) is 112 cm³/mol. The monoisotopic (exact) mass is 479 g/mol. The maximum Gasteiger partial charge on any atom is 0.405 e. The molecule has 0 atom stereocenters. The van der Waals surface area contributed by atoms with E-state index in [0.717, 1.165) is 0 Å². The van der Waals surface area contributed by atoms with Crippen molar-refractivity contribution in [1.29, 1.82) is 0 Å². The Balaban J connectivity index is 1.63. The largest absolute Gasteiger partial charge is 0.405 e. The van der Waals surface area contributed by atoms with Crippen molar-refractivity contribution < 1.29 is 21.6 Å². The van der Waals surface area contributed by atoms with Gasteiger partial charge in [0.15, 0.2) is 11.6 Å². The number of rotatable bonds is 7. The summed E-state index contributed by atoms with van der Waals surface area (Å²) >= 11 is 0. The lowest BCUT2D eigenvalue weighted by Gasteiger charge is -2.13. The van der Waals surface area contributed by atoms with Gasteiger partial charge in [-0.3, -0.25) is 0 Å². The number of alkyl halides is 3. The Morgan fingerprint density at radius 1 is 1.00 bits per heavy atom. The van der Waals surface area contributed by atoms with Gasteiger partial charge in [0.05, 0.1) is 10.4 Å². The van der Waals surface area contributed by atoms with Gasteiger partial charge in [0.2, 0.25) is 16.0 Å². The Morgan fingerprint density at radius 3 is 2.39 bits per heavy atom. The number of nitrogens with zero attached hydrogens (tertiary/aromatic N) is 6. The van der Waals surface area contributed by atoms with E-state index in [1.165, 1.54) is 29.5 Å². The van der Waals surface area contributed by atoms with E-state index >= 15 is 0 Å². The van der Waals surface area contributed by atoms with Gasteiger partial charge >= 0.3 is 6.18 Å². The van der Waals surface area contributed by atoms with Gasteiger partial charge in [-0.25, -0.2) is 33.2 Å². The number of hydrogen-bond donors (Lipinski definition) is 3. The molecule has 0 fully saturated rings. The maximum atomic E-state index is 12.8. The van der Waals surface area contributed by atoms with E-state index < -0.39 is 22.7 Å². The molecule has 15 heteroatoms. The molecule has 4 rings (SSSR count). The average molecular weight is 479 g/mol. The van der Waals surface area contributed by atoms with Crippen LogP contribution in [0.2, 0.25) is 0 Å². The lowest BCUT2D eigenvalue weighted by molar-refractivity contribution is -0.115. The van der Waals surface area contributed by atoms with Crippen LogP contribution in [0.5, 0.6) is 0 Å². The number of anilines is 2. The highest BCUT2D eigenvalue weighted by atomic mass is 32.2. The van der Waals surface area contributed by atoms with Crippen molar-refractivity contribution in [3.8, 4) is 5.82 Å². The van der Waals surface area contributed by atoms with Crippen LogP contribution in [0.15, 0.2) is 53.9 Å². The minimum Gasteiger partial charge on any atom is -0.359 e. The molecule has 0 spiro atoms. The molecule has 4 aromatic rings. The highest BCUT2D eigenvalue weighted by Gasteiger charge is 2.27. The minimum absolute atomic E-state index is 0.0406. The number of nitrogens with one attached hydrogen (secondary N) is 2. The Hall–Kier alpha value is -3.85. The molecule has 0 bridgehead atoms. The lowest BCUT2D eigenvalue weighted by Crippen LogP contribution is -2.22. The summed E-state index contributed by atoms with van der Waals surface area (Å²) in [4.78, 5) is 16.5. The number of primary sulfonamides is 1. The van der Waals surface area contributed by atoms with Gasteiger partial charge in [-0.2, -0.15) is 23.3 Å². The third-order valence-electron chi connectivity index (χ3n) is 4.34. The predicted octanol–water partition coefficient (Wildman–Crippen LogP) is 1.84. The second-order valence-corrected chi connectivity index (χ2v) is 8.35. The smallest absolute Gasteiger partial charge is 0.359 e. The number of fused-ring (bicyclic) bond motifs is 1. The molecule has 0 unspecified atom stereocenters. The zero-order valence-electron chi connectivity index (χ0n) is 16.7. The molecule has 3 aromatic heterocycles. The van der Waals surface area contributed by atoms with Crippen molar-refractivity contribution >= 4 is 32.8 Å². The first-order valence-electron chi connectivity index (χ1n) is 9.28.